The first-order valence-corrected chi connectivity index (χ1v) is 8.21. The van der Waals surface area contributed by atoms with Gasteiger partial charge < -0.3 is 9.80 Å². The van der Waals surface area contributed by atoms with E-state index in [1.165, 1.54) is 0 Å². The summed E-state index contributed by atoms with van der Waals surface area (Å²) in [5, 5.41) is 7.24. The Morgan fingerprint density at radius 2 is 2.17 bits per heavy atom. The molecule has 126 valence electrons. The molecule has 0 radical (unpaired) electrons. The minimum absolute atomic E-state index is 0.00306. The van der Waals surface area contributed by atoms with E-state index in [0.717, 1.165) is 12.0 Å². The average Bonchev–Trinajstić information content (AvgIpc) is 3.22. The van der Waals surface area contributed by atoms with Crippen molar-refractivity contribution in [2.24, 2.45) is 5.92 Å². The molecule has 1 saturated heterocycles. The molecule has 6 nitrogen and oxygen atoms in total. The van der Waals surface area contributed by atoms with E-state index >= 15 is 0 Å². The molecule has 0 bridgehead atoms. The van der Waals surface area contributed by atoms with Gasteiger partial charge in [-0.2, -0.15) is 5.10 Å². The van der Waals surface area contributed by atoms with Gasteiger partial charge in [0.25, 0.3) is 0 Å². The normalized spacial score (nSPS) is 17.3. The number of rotatable bonds is 5. The van der Waals surface area contributed by atoms with Gasteiger partial charge in [0.2, 0.25) is 11.8 Å². The Labute approximate surface area is 145 Å². The number of anilines is 1. The van der Waals surface area contributed by atoms with Crippen molar-refractivity contribution in [1.29, 1.82) is 0 Å². The molecule has 2 amide bonds. The van der Waals surface area contributed by atoms with Gasteiger partial charge in [-0.25, -0.2) is 0 Å². The number of aromatic nitrogens is 2. The molecule has 0 aliphatic carbocycles. The summed E-state index contributed by atoms with van der Waals surface area (Å²) in [4.78, 5) is 28.0. The average molecular weight is 347 g/mol. The second-order valence-corrected chi connectivity index (χ2v) is 6.43. The smallest absolute Gasteiger partial charge is 0.227 e. The van der Waals surface area contributed by atoms with Gasteiger partial charge in [0.15, 0.2) is 0 Å². The fourth-order valence-electron chi connectivity index (χ4n) is 2.88. The Balaban J connectivity index is 1.56. The minimum atomic E-state index is -0.303. The maximum Gasteiger partial charge on any atom is 0.227 e. The molecule has 24 heavy (non-hydrogen) atoms. The van der Waals surface area contributed by atoms with Gasteiger partial charge in [-0.05, 0) is 24.1 Å². The molecule has 1 aliphatic rings. The molecular weight excluding hydrogens is 328 g/mol. The molecule has 3 rings (SSSR count). The zero-order chi connectivity index (χ0) is 17.1. The lowest BCUT2D eigenvalue weighted by Crippen LogP contribution is -2.35. The fraction of sp³-hybridized carbons (Fsp3) is 0.353. The third kappa shape index (κ3) is 3.59. The van der Waals surface area contributed by atoms with Crippen molar-refractivity contribution >= 4 is 29.1 Å². The quantitative estimate of drug-likeness (QED) is 0.901. The van der Waals surface area contributed by atoms with E-state index in [-0.39, 0.29) is 24.2 Å². The van der Waals surface area contributed by atoms with Crippen LogP contribution in [0.2, 0.25) is 5.02 Å². The number of nitrogens with one attached hydrogen (secondary N) is 1. The van der Waals surface area contributed by atoms with E-state index in [1.807, 2.05) is 24.3 Å². The van der Waals surface area contributed by atoms with Crippen molar-refractivity contribution in [2.75, 3.05) is 25.0 Å². The molecule has 0 saturated carbocycles. The van der Waals surface area contributed by atoms with Crippen molar-refractivity contribution in [3.05, 3.63) is 47.2 Å². The van der Waals surface area contributed by atoms with E-state index in [1.54, 1.807) is 29.2 Å². The van der Waals surface area contributed by atoms with Crippen LogP contribution < -0.4 is 4.90 Å². The Morgan fingerprint density at radius 3 is 2.83 bits per heavy atom. The number of halogens is 1. The van der Waals surface area contributed by atoms with Crippen LogP contribution in [-0.2, 0) is 16.0 Å². The topological polar surface area (TPSA) is 69.3 Å². The Hall–Kier alpha value is -2.34. The van der Waals surface area contributed by atoms with Gasteiger partial charge in [-0.15, -0.1) is 0 Å². The number of aromatic amines is 1. The highest BCUT2D eigenvalue weighted by Gasteiger charge is 2.36. The van der Waals surface area contributed by atoms with Gasteiger partial charge in [0.1, 0.15) is 0 Å². The highest BCUT2D eigenvalue weighted by Crippen LogP contribution is 2.25. The maximum absolute atomic E-state index is 12.6. The Bertz CT molecular complexity index is 715. The van der Waals surface area contributed by atoms with E-state index in [4.69, 9.17) is 11.6 Å². The van der Waals surface area contributed by atoms with Crippen molar-refractivity contribution in [3.8, 4) is 0 Å². The molecule has 0 spiro atoms. The summed E-state index contributed by atoms with van der Waals surface area (Å²) in [6.07, 6.45) is 4.25. The molecule has 1 aromatic heterocycles. The fourth-order valence-corrected chi connectivity index (χ4v) is 3.01. The number of benzene rings is 1. The van der Waals surface area contributed by atoms with Crippen molar-refractivity contribution in [3.63, 3.8) is 0 Å². The van der Waals surface area contributed by atoms with Gasteiger partial charge in [0.05, 0.1) is 17.8 Å². The standard InChI is InChI=1S/C17H19ClN4O2/c1-21(7-6-12-2-4-14(18)5-3-12)17(24)13-8-16(23)22(11-13)15-9-19-20-10-15/h2-5,9-10,13H,6-8,11H2,1H3,(H,19,20)/t13-/m1/s1. The van der Waals surface area contributed by atoms with Gasteiger partial charge >= 0.3 is 0 Å². The van der Waals surface area contributed by atoms with Gasteiger partial charge in [0, 0.05) is 37.8 Å². The largest absolute Gasteiger partial charge is 0.345 e. The first kappa shape index (κ1) is 16.5. The number of hydrogen-bond donors (Lipinski definition) is 1. The second-order valence-electron chi connectivity index (χ2n) is 6.00. The number of carbonyl (C=O) groups is 2. The summed E-state index contributed by atoms with van der Waals surface area (Å²) in [6, 6.07) is 7.61. The lowest BCUT2D eigenvalue weighted by Gasteiger charge is -2.21. The van der Waals surface area contributed by atoms with Crippen LogP contribution in [0.25, 0.3) is 0 Å². The number of likely N-dealkylation sites (N-methyl/N-ethyl adjacent to an activating group) is 1. The molecule has 1 aromatic carbocycles. The molecule has 7 heteroatoms. The minimum Gasteiger partial charge on any atom is -0.345 e. The third-order valence-corrected chi connectivity index (χ3v) is 4.55. The van der Waals surface area contributed by atoms with E-state index in [9.17, 15) is 9.59 Å². The van der Waals surface area contributed by atoms with Crippen molar-refractivity contribution in [1.82, 2.24) is 15.1 Å². The summed E-state index contributed by atoms with van der Waals surface area (Å²) >= 11 is 5.87. The summed E-state index contributed by atoms with van der Waals surface area (Å²) in [6.45, 7) is 1.01. The maximum atomic E-state index is 12.6. The summed E-state index contributed by atoms with van der Waals surface area (Å²) in [5.41, 5.74) is 1.83. The zero-order valence-corrected chi connectivity index (χ0v) is 14.2. The van der Waals surface area contributed by atoms with Crippen LogP contribution in [0.15, 0.2) is 36.7 Å². The van der Waals surface area contributed by atoms with Crippen LogP contribution >= 0.6 is 11.6 Å². The third-order valence-electron chi connectivity index (χ3n) is 4.30. The first-order valence-electron chi connectivity index (χ1n) is 7.83. The van der Waals surface area contributed by atoms with Gasteiger partial charge in [-0.1, -0.05) is 23.7 Å². The first-order chi connectivity index (χ1) is 11.5. The van der Waals surface area contributed by atoms with Crippen LogP contribution in [0.3, 0.4) is 0 Å². The van der Waals surface area contributed by atoms with E-state index in [2.05, 4.69) is 10.2 Å². The number of hydrogen-bond acceptors (Lipinski definition) is 3. The van der Waals surface area contributed by atoms with Crippen molar-refractivity contribution in [2.45, 2.75) is 12.8 Å². The molecule has 2 aromatic rings. The lowest BCUT2D eigenvalue weighted by molar-refractivity contribution is -0.134. The van der Waals surface area contributed by atoms with Crippen LogP contribution in [0.5, 0.6) is 0 Å². The molecule has 0 unspecified atom stereocenters. The van der Waals surface area contributed by atoms with Crippen LogP contribution in [-0.4, -0.2) is 47.0 Å². The highest BCUT2D eigenvalue weighted by atomic mass is 35.5. The SMILES string of the molecule is CN(CCc1ccc(Cl)cc1)C(=O)[C@@H]1CC(=O)N(c2cn[nH]c2)C1. The summed E-state index contributed by atoms with van der Waals surface area (Å²) < 4.78 is 0. The highest BCUT2D eigenvalue weighted by molar-refractivity contribution is 6.30. The van der Waals surface area contributed by atoms with E-state index in [0.29, 0.717) is 23.8 Å². The van der Waals surface area contributed by atoms with E-state index < -0.39 is 0 Å². The second kappa shape index (κ2) is 7.05. The van der Waals surface area contributed by atoms with Gasteiger partial charge in [-0.3, -0.25) is 14.7 Å². The predicted octanol–water partition coefficient (Wildman–Crippen LogP) is 2.12. The van der Waals surface area contributed by atoms with Crippen LogP contribution in [0.1, 0.15) is 12.0 Å². The molecule has 1 fully saturated rings. The molecule has 1 aliphatic heterocycles. The van der Waals surface area contributed by atoms with Crippen molar-refractivity contribution < 1.29 is 9.59 Å². The molecule has 1 N–H and O–H groups in total. The number of carbonyl (C=O) groups excluding carboxylic acids is 2. The van der Waals surface area contributed by atoms with Crippen LogP contribution in [0, 0.1) is 5.92 Å². The summed E-state index contributed by atoms with van der Waals surface area (Å²) in [7, 11) is 1.78. The summed E-state index contributed by atoms with van der Waals surface area (Å²) in [5.74, 6) is -0.341. The zero-order valence-electron chi connectivity index (χ0n) is 13.4. The molecule has 2 heterocycles. The number of nitrogens with zero attached hydrogens (tertiary/aromatic N) is 3. The Morgan fingerprint density at radius 1 is 1.42 bits per heavy atom. The molecular formula is C17H19ClN4O2. The monoisotopic (exact) mass is 346 g/mol. The Kier molecular flexibility index (Phi) is 4.85. The predicted molar refractivity (Wildman–Crippen MR) is 91.8 cm³/mol. The lowest BCUT2D eigenvalue weighted by atomic mass is 10.1. The number of amides is 2. The molecule has 1 atom stereocenters. The number of H-pyrrole nitrogens is 1. The van der Waals surface area contributed by atoms with Crippen LogP contribution in [0.4, 0.5) is 5.69 Å².